The summed E-state index contributed by atoms with van der Waals surface area (Å²) in [6.45, 7) is 4.88. The first-order valence-electron chi connectivity index (χ1n) is 10.9. The Labute approximate surface area is 198 Å². The zero-order valence-corrected chi connectivity index (χ0v) is 20.1. The van der Waals surface area contributed by atoms with E-state index in [-0.39, 0.29) is 6.03 Å². The van der Waals surface area contributed by atoms with E-state index in [1.54, 1.807) is 23.8 Å². The number of amides is 2. The number of nitrogens with zero attached hydrogens (tertiary/aromatic N) is 3. The minimum absolute atomic E-state index is 0.176. The van der Waals surface area contributed by atoms with E-state index in [1.807, 2.05) is 49.6 Å². The van der Waals surface area contributed by atoms with E-state index in [0.29, 0.717) is 24.9 Å². The van der Waals surface area contributed by atoms with Crippen LogP contribution in [0.25, 0.3) is 17.0 Å². The van der Waals surface area contributed by atoms with Crippen molar-refractivity contribution in [3.8, 4) is 11.4 Å². The van der Waals surface area contributed by atoms with Crippen LogP contribution in [0, 0.1) is 0 Å². The fraction of sp³-hybridized carbons (Fsp3) is 0.320. The van der Waals surface area contributed by atoms with Crippen molar-refractivity contribution < 1.29 is 14.1 Å². The summed E-state index contributed by atoms with van der Waals surface area (Å²) in [5, 5.41) is 7.35. The van der Waals surface area contributed by atoms with Gasteiger partial charge in [0.2, 0.25) is 5.82 Å². The van der Waals surface area contributed by atoms with Crippen LogP contribution in [0.4, 0.5) is 4.79 Å². The van der Waals surface area contributed by atoms with Gasteiger partial charge in [0.1, 0.15) is 0 Å². The molecular weight excluding hydrogens is 436 g/mol. The summed E-state index contributed by atoms with van der Waals surface area (Å²) in [5.74, 6) is 0.904. The lowest BCUT2D eigenvalue weighted by Crippen LogP contribution is -2.47. The number of aromatic nitrogens is 2. The number of hydrogen-bond donors (Lipinski definition) is 1. The van der Waals surface area contributed by atoms with Gasteiger partial charge in [0.05, 0.1) is 24.8 Å². The zero-order valence-electron chi connectivity index (χ0n) is 19.3. The SMILES string of the molecule is CCc1ccc(C2NC(=O)N(CCOC)C(C)=C2c2nc(-c3ccc(SC)cc3)no2)cc1. The molecule has 0 bridgehead atoms. The van der Waals surface area contributed by atoms with Crippen LogP contribution >= 0.6 is 11.8 Å². The minimum Gasteiger partial charge on any atom is -0.383 e. The number of ether oxygens (including phenoxy) is 1. The number of carbonyl (C=O) groups is 1. The van der Waals surface area contributed by atoms with Crippen molar-refractivity contribution in [1.82, 2.24) is 20.4 Å². The molecule has 3 aromatic rings. The monoisotopic (exact) mass is 464 g/mol. The largest absolute Gasteiger partial charge is 0.383 e. The topological polar surface area (TPSA) is 80.5 Å². The molecule has 2 amide bonds. The van der Waals surface area contributed by atoms with Crippen molar-refractivity contribution in [2.45, 2.75) is 31.2 Å². The summed E-state index contributed by atoms with van der Waals surface area (Å²) in [5.41, 5.74) is 4.63. The third-order valence-electron chi connectivity index (χ3n) is 5.84. The van der Waals surface area contributed by atoms with E-state index in [2.05, 4.69) is 29.5 Å². The van der Waals surface area contributed by atoms with Gasteiger partial charge in [-0.2, -0.15) is 4.98 Å². The quantitative estimate of drug-likeness (QED) is 0.464. The zero-order chi connectivity index (χ0) is 23.4. The number of aryl methyl sites for hydroxylation is 1. The minimum atomic E-state index is -0.394. The van der Waals surface area contributed by atoms with E-state index < -0.39 is 6.04 Å². The Bertz CT molecular complexity index is 1140. The number of carbonyl (C=O) groups excluding carboxylic acids is 1. The van der Waals surface area contributed by atoms with E-state index in [4.69, 9.17) is 14.2 Å². The molecule has 4 rings (SSSR count). The lowest BCUT2D eigenvalue weighted by molar-refractivity contribution is 0.158. The van der Waals surface area contributed by atoms with Gasteiger partial charge in [-0.3, -0.25) is 4.90 Å². The molecule has 0 saturated carbocycles. The van der Waals surface area contributed by atoms with Crippen LogP contribution < -0.4 is 5.32 Å². The van der Waals surface area contributed by atoms with Gasteiger partial charge in [-0.25, -0.2) is 4.79 Å². The molecule has 0 spiro atoms. The second-order valence-electron chi connectivity index (χ2n) is 7.77. The van der Waals surface area contributed by atoms with Gasteiger partial charge in [-0.05, 0) is 55.0 Å². The maximum atomic E-state index is 12.9. The van der Waals surface area contributed by atoms with Gasteiger partial charge in [-0.1, -0.05) is 36.3 Å². The Kier molecular flexibility index (Phi) is 7.15. The molecule has 2 aromatic carbocycles. The van der Waals surface area contributed by atoms with Crippen LogP contribution in [0.3, 0.4) is 0 Å². The Balaban J connectivity index is 1.76. The van der Waals surface area contributed by atoms with Crippen LogP contribution in [0.5, 0.6) is 0 Å². The Morgan fingerprint density at radius 3 is 2.52 bits per heavy atom. The molecule has 7 nitrogen and oxygen atoms in total. The fourth-order valence-corrected chi connectivity index (χ4v) is 4.30. The first-order chi connectivity index (χ1) is 16.0. The summed E-state index contributed by atoms with van der Waals surface area (Å²) in [4.78, 5) is 20.5. The summed E-state index contributed by atoms with van der Waals surface area (Å²) in [7, 11) is 1.62. The molecule has 0 aliphatic carbocycles. The van der Waals surface area contributed by atoms with Crippen molar-refractivity contribution in [1.29, 1.82) is 0 Å². The fourth-order valence-electron chi connectivity index (χ4n) is 3.90. The summed E-state index contributed by atoms with van der Waals surface area (Å²) in [6, 6.07) is 15.7. The maximum Gasteiger partial charge on any atom is 0.322 e. The maximum absolute atomic E-state index is 12.9. The third-order valence-corrected chi connectivity index (χ3v) is 6.58. The predicted octanol–water partition coefficient (Wildman–Crippen LogP) is 5.16. The molecule has 1 unspecified atom stereocenters. The van der Waals surface area contributed by atoms with E-state index in [0.717, 1.165) is 28.8 Å². The van der Waals surface area contributed by atoms with Crippen molar-refractivity contribution in [2.75, 3.05) is 26.5 Å². The Hall–Kier alpha value is -3.10. The molecule has 1 N–H and O–H groups in total. The van der Waals surface area contributed by atoms with Crippen LogP contribution in [0.2, 0.25) is 0 Å². The first-order valence-corrected chi connectivity index (χ1v) is 12.1. The molecule has 33 heavy (non-hydrogen) atoms. The number of nitrogens with one attached hydrogen (secondary N) is 1. The standard InChI is InChI=1S/C25H28N4O3S/c1-5-17-6-8-18(9-7-17)22-21(16(2)29(14-15-31-3)25(30)26-22)24-27-23(28-32-24)19-10-12-20(33-4)13-11-19/h6-13,22H,5,14-15H2,1-4H3,(H,26,30). The van der Waals surface area contributed by atoms with Crippen LogP contribution in [-0.2, 0) is 11.2 Å². The average Bonchev–Trinajstić information content (AvgIpc) is 3.33. The van der Waals surface area contributed by atoms with Crippen molar-refractivity contribution >= 4 is 23.4 Å². The number of hydrogen-bond acceptors (Lipinski definition) is 6. The molecular formula is C25H28N4O3S. The molecule has 2 heterocycles. The average molecular weight is 465 g/mol. The smallest absolute Gasteiger partial charge is 0.322 e. The number of methoxy groups -OCH3 is 1. The van der Waals surface area contributed by atoms with Gasteiger partial charge in [0, 0.05) is 23.3 Å². The van der Waals surface area contributed by atoms with Gasteiger partial charge < -0.3 is 14.6 Å². The van der Waals surface area contributed by atoms with Gasteiger partial charge >= 0.3 is 6.03 Å². The molecule has 1 aliphatic heterocycles. The lowest BCUT2D eigenvalue weighted by Gasteiger charge is -2.35. The third kappa shape index (κ3) is 4.82. The Morgan fingerprint density at radius 2 is 1.88 bits per heavy atom. The van der Waals surface area contributed by atoms with Crippen molar-refractivity contribution in [3.63, 3.8) is 0 Å². The van der Waals surface area contributed by atoms with Gasteiger partial charge in [0.25, 0.3) is 5.89 Å². The lowest BCUT2D eigenvalue weighted by atomic mass is 9.93. The number of urea groups is 1. The van der Waals surface area contributed by atoms with Crippen LogP contribution in [0.15, 0.2) is 63.6 Å². The number of allylic oxidation sites excluding steroid dienone is 1. The van der Waals surface area contributed by atoms with E-state index in [9.17, 15) is 4.79 Å². The Morgan fingerprint density at radius 1 is 1.15 bits per heavy atom. The molecule has 172 valence electrons. The van der Waals surface area contributed by atoms with Gasteiger partial charge in [0.15, 0.2) is 0 Å². The number of benzene rings is 2. The highest BCUT2D eigenvalue weighted by atomic mass is 32.2. The van der Waals surface area contributed by atoms with Crippen molar-refractivity contribution in [3.05, 3.63) is 71.2 Å². The normalized spacial score (nSPS) is 16.3. The highest BCUT2D eigenvalue weighted by molar-refractivity contribution is 7.98. The van der Waals surface area contributed by atoms with E-state index >= 15 is 0 Å². The molecule has 1 atom stereocenters. The molecule has 0 saturated heterocycles. The highest BCUT2D eigenvalue weighted by Gasteiger charge is 2.35. The summed E-state index contributed by atoms with van der Waals surface area (Å²) in [6.07, 6.45) is 2.99. The van der Waals surface area contributed by atoms with E-state index in [1.165, 1.54) is 10.5 Å². The molecule has 0 radical (unpaired) electrons. The second-order valence-corrected chi connectivity index (χ2v) is 8.65. The predicted molar refractivity (Wildman–Crippen MR) is 130 cm³/mol. The molecule has 0 fully saturated rings. The summed E-state index contributed by atoms with van der Waals surface area (Å²) >= 11 is 1.68. The molecule has 1 aliphatic rings. The molecule has 8 heteroatoms. The van der Waals surface area contributed by atoms with Crippen LogP contribution in [0.1, 0.15) is 36.9 Å². The number of rotatable bonds is 8. The first kappa shape index (κ1) is 23.1. The van der Waals surface area contributed by atoms with Crippen LogP contribution in [-0.4, -0.2) is 47.6 Å². The number of thioether (sulfide) groups is 1. The summed E-state index contributed by atoms with van der Waals surface area (Å²) < 4.78 is 10.9. The van der Waals surface area contributed by atoms with Gasteiger partial charge in [-0.15, -0.1) is 11.8 Å². The highest BCUT2D eigenvalue weighted by Crippen LogP contribution is 2.37. The van der Waals surface area contributed by atoms with Crippen molar-refractivity contribution in [2.24, 2.45) is 0 Å². The second kappa shape index (κ2) is 10.2. The molecule has 1 aromatic heterocycles.